The monoisotopic (exact) mass is 305 g/mol. The summed E-state index contributed by atoms with van der Waals surface area (Å²) in [6.45, 7) is 6.52. The maximum absolute atomic E-state index is 9.26. The average Bonchev–Trinajstić information content (AvgIpc) is 2.91. The van der Waals surface area contributed by atoms with Gasteiger partial charge in [-0.1, -0.05) is 31.5 Å². The van der Waals surface area contributed by atoms with E-state index in [0.717, 1.165) is 19.3 Å². The highest BCUT2D eigenvalue weighted by molar-refractivity contribution is 6.31. The first kappa shape index (κ1) is 14.7. The van der Waals surface area contributed by atoms with Crippen molar-refractivity contribution in [1.82, 2.24) is 0 Å². The Kier molecular flexibility index (Phi) is 3.43. The summed E-state index contributed by atoms with van der Waals surface area (Å²) in [5.41, 5.74) is 0.0635. The first-order valence-corrected chi connectivity index (χ1v) is 7.83. The average molecular weight is 306 g/mol. The summed E-state index contributed by atoms with van der Waals surface area (Å²) >= 11 is 6.07. The summed E-state index contributed by atoms with van der Waals surface area (Å²) in [5, 5.41) is 9.70. The predicted molar refractivity (Wildman–Crippen MR) is 81.5 cm³/mol. The molecule has 0 unspecified atom stereocenters. The third-order valence-corrected chi connectivity index (χ3v) is 5.42. The molecule has 4 heteroatoms. The van der Waals surface area contributed by atoms with Crippen LogP contribution in [0.1, 0.15) is 45.6 Å². The van der Waals surface area contributed by atoms with Crippen LogP contribution in [0, 0.1) is 17.2 Å². The molecule has 0 radical (unpaired) electrons. The molecule has 3 nitrogen and oxygen atoms in total. The van der Waals surface area contributed by atoms with Crippen molar-refractivity contribution in [2.45, 2.75) is 57.3 Å². The van der Waals surface area contributed by atoms with Gasteiger partial charge < -0.3 is 9.47 Å². The third-order valence-electron chi connectivity index (χ3n) is 5.10. The SMILES string of the molecule is CC(C)[C@]12CC[C@@](C)(O1)[C@H](Oc1cccc(Cl)c1C#N)C2. The van der Waals surface area contributed by atoms with Gasteiger partial charge in [0.05, 0.1) is 10.6 Å². The van der Waals surface area contributed by atoms with E-state index in [9.17, 15) is 5.26 Å². The first-order valence-electron chi connectivity index (χ1n) is 7.46. The number of benzene rings is 1. The lowest BCUT2D eigenvalue weighted by Gasteiger charge is -2.32. The van der Waals surface area contributed by atoms with E-state index in [1.54, 1.807) is 6.07 Å². The van der Waals surface area contributed by atoms with Crippen molar-refractivity contribution in [3.63, 3.8) is 0 Å². The fraction of sp³-hybridized carbons (Fsp3) is 0.588. The molecular weight excluding hydrogens is 286 g/mol. The number of fused-ring (bicyclic) bond motifs is 2. The summed E-state index contributed by atoms with van der Waals surface area (Å²) in [7, 11) is 0. The number of hydrogen-bond donors (Lipinski definition) is 0. The molecule has 0 spiro atoms. The number of nitriles is 1. The molecule has 0 amide bonds. The number of ether oxygens (including phenoxy) is 2. The Hall–Kier alpha value is -1.24. The highest BCUT2D eigenvalue weighted by Crippen LogP contribution is 2.55. The van der Waals surface area contributed by atoms with E-state index in [0.29, 0.717) is 22.3 Å². The van der Waals surface area contributed by atoms with E-state index in [1.165, 1.54) is 0 Å². The third kappa shape index (κ3) is 2.22. The molecule has 1 aromatic rings. The van der Waals surface area contributed by atoms with Gasteiger partial charge in [0.15, 0.2) is 0 Å². The highest BCUT2D eigenvalue weighted by atomic mass is 35.5. The molecule has 2 aliphatic heterocycles. The standard InChI is InChI=1S/C17H20ClNO2/c1-11(2)17-8-7-16(3,21-17)15(9-17)20-14-6-4-5-13(18)12(14)10-19/h4-6,11,15H,7-9H2,1-3H3/t15-,16-,17-/m1/s1. The van der Waals surface area contributed by atoms with Gasteiger partial charge in [-0.25, -0.2) is 0 Å². The number of hydrogen-bond acceptors (Lipinski definition) is 3. The Labute approximate surface area is 130 Å². The van der Waals surface area contributed by atoms with Crippen LogP contribution in [0.4, 0.5) is 0 Å². The highest BCUT2D eigenvalue weighted by Gasteiger charge is 2.61. The summed E-state index contributed by atoms with van der Waals surface area (Å²) < 4.78 is 12.5. The second-order valence-electron chi connectivity index (χ2n) is 6.67. The molecule has 0 N–H and O–H groups in total. The van der Waals surface area contributed by atoms with Crippen LogP contribution in [0.25, 0.3) is 0 Å². The molecular formula is C17H20ClNO2. The lowest BCUT2D eigenvalue weighted by molar-refractivity contribution is -0.0769. The van der Waals surface area contributed by atoms with E-state index >= 15 is 0 Å². The summed E-state index contributed by atoms with van der Waals surface area (Å²) in [6.07, 6.45) is 2.93. The smallest absolute Gasteiger partial charge is 0.139 e. The van der Waals surface area contributed by atoms with Crippen molar-refractivity contribution in [2.24, 2.45) is 5.92 Å². The molecule has 1 aromatic carbocycles. The fourth-order valence-corrected chi connectivity index (χ4v) is 3.81. The lowest BCUT2D eigenvalue weighted by atomic mass is 9.75. The lowest BCUT2D eigenvalue weighted by Crippen LogP contribution is -2.40. The number of nitrogens with zero attached hydrogens (tertiary/aromatic N) is 1. The van der Waals surface area contributed by atoms with Gasteiger partial charge in [-0.15, -0.1) is 0 Å². The normalized spacial score (nSPS) is 34.2. The first-order chi connectivity index (χ1) is 9.90. The minimum absolute atomic E-state index is 0.0285. The minimum atomic E-state index is -0.265. The van der Waals surface area contributed by atoms with Crippen LogP contribution in [-0.4, -0.2) is 17.3 Å². The molecule has 0 aromatic heterocycles. The molecule has 2 fully saturated rings. The van der Waals surface area contributed by atoms with Crippen LogP contribution >= 0.6 is 11.6 Å². The zero-order chi connectivity index (χ0) is 15.3. The molecule has 2 heterocycles. The molecule has 0 aliphatic carbocycles. The maximum atomic E-state index is 9.26. The van der Waals surface area contributed by atoms with Crippen molar-refractivity contribution in [2.75, 3.05) is 0 Å². The molecule has 2 bridgehead atoms. The van der Waals surface area contributed by atoms with E-state index in [4.69, 9.17) is 21.1 Å². The molecule has 3 rings (SSSR count). The van der Waals surface area contributed by atoms with Crippen LogP contribution in [0.5, 0.6) is 5.75 Å². The molecule has 2 saturated heterocycles. The van der Waals surface area contributed by atoms with Gasteiger partial charge >= 0.3 is 0 Å². The Morgan fingerprint density at radius 2 is 2.19 bits per heavy atom. The van der Waals surface area contributed by atoms with Crippen molar-refractivity contribution < 1.29 is 9.47 Å². The van der Waals surface area contributed by atoms with Crippen LogP contribution in [0.15, 0.2) is 18.2 Å². The van der Waals surface area contributed by atoms with Gasteiger partial charge in [0.1, 0.15) is 29.1 Å². The van der Waals surface area contributed by atoms with Gasteiger partial charge in [0.2, 0.25) is 0 Å². The van der Waals surface area contributed by atoms with Crippen molar-refractivity contribution in [3.05, 3.63) is 28.8 Å². The number of halogens is 1. The van der Waals surface area contributed by atoms with E-state index in [-0.39, 0.29) is 17.3 Å². The van der Waals surface area contributed by atoms with Crippen molar-refractivity contribution >= 4 is 11.6 Å². The zero-order valence-corrected chi connectivity index (χ0v) is 13.4. The summed E-state index contributed by atoms with van der Waals surface area (Å²) in [6, 6.07) is 7.46. The predicted octanol–water partition coefficient (Wildman–Crippen LogP) is 4.33. The van der Waals surface area contributed by atoms with E-state index in [2.05, 4.69) is 26.8 Å². The van der Waals surface area contributed by atoms with Gasteiger partial charge in [-0.3, -0.25) is 0 Å². The van der Waals surface area contributed by atoms with Crippen LogP contribution in [0.2, 0.25) is 5.02 Å². The van der Waals surface area contributed by atoms with Gasteiger partial charge in [-0.2, -0.15) is 5.26 Å². The molecule has 21 heavy (non-hydrogen) atoms. The Balaban J connectivity index is 1.88. The van der Waals surface area contributed by atoms with Crippen molar-refractivity contribution in [3.8, 4) is 11.8 Å². The van der Waals surface area contributed by atoms with Crippen LogP contribution in [-0.2, 0) is 4.74 Å². The van der Waals surface area contributed by atoms with Gasteiger partial charge in [0, 0.05) is 6.42 Å². The Morgan fingerprint density at radius 3 is 2.81 bits per heavy atom. The number of rotatable bonds is 3. The minimum Gasteiger partial charge on any atom is -0.486 e. The molecule has 3 atom stereocenters. The van der Waals surface area contributed by atoms with Gasteiger partial charge in [-0.05, 0) is 37.8 Å². The largest absolute Gasteiger partial charge is 0.486 e. The van der Waals surface area contributed by atoms with Crippen molar-refractivity contribution in [1.29, 1.82) is 5.26 Å². The molecule has 112 valence electrons. The van der Waals surface area contributed by atoms with Gasteiger partial charge in [0.25, 0.3) is 0 Å². The second-order valence-corrected chi connectivity index (χ2v) is 7.08. The summed E-state index contributed by atoms with van der Waals surface area (Å²) in [4.78, 5) is 0. The topological polar surface area (TPSA) is 42.2 Å². The molecule has 2 aliphatic rings. The van der Waals surface area contributed by atoms with E-state index in [1.807, 2.05) is 12.1 Å². The van der Waals surface area contributed by atoms with Crippen LogP contribution in [0.3, 0.4) is 0 Å². The van der Waals surface area contributed by atoms with E-state index < -0.39 is 0 Å². The zero-order valence-electron chi connectivity index (χ0n) is 12.6. The maximum Gasteiger partial charge on any atom is 0.139 e. The molecule has 0 saturated carbocycles. The summed E-state index contributed by atoms with van der Waals surface area (Å²) in [5.74, 6) is 1.02. The Bertz CT molecular complexity index is 609. The Morgan fingerprint density at radius 1 is 1.43 bits per heavy atom. The quantitative estimate of drug-likeness (QED) is 0.835. The second kappa shape index (κ2) is 4.90. The fourth-order valence-electron chi connectivity index (χ4n) is 3.60. The van der Waals surface area contributed by atoms with Crippen LogP contribution < -0.4 is 4.74 Å².